The van der Waals surface area contributed by atoms with Crippen molar-refractivity contribution in [2.45, 2.75) is 25.3 Å². The molecule has 1 aromatic carbocycles. The summed E-state index contributed by atoms with van der Waals surface area (Å²) < 4.78 is 13.0. The Hall–Kier alpha value is -2.28. The van der Waals surface area contributed by atoms with Crippen molar-refractivity contribution >= 4 is 23.4 Å². The second kappa shape index (κ2) is 6.08. The van der Waals surface area contributed by atoms with Crippen molar-refractivity contribution in [3.63, 3.8) is 0 Å². The highest BCUT2D eigenvalue weighted by molar-refractivity contribution is 6.21. The van der Waals surface area contributed by atoms with Crippen molar-refractivity contribution in [3.05, 3.63) is 30.1 Å². The molecular weight excluding hydrogens is 301 g/mol. The van der Waals surface area contributed by atoms with Gasteiger partial charge < -0.3 is 10.6 Å². The van der Waals surface area contributed by atoms with Crippen LogP contribution in [0.2, 0.25) is 0 Å². The quantitative estimate of drug-likeness (QED) is 0.718. The van der Waals surface area contributed by atoms with Crippen LogP contribution in [0.5, 0.6) is 0 Å². The van der Waals surface area contributed by atoms with E-state index >= 15 is 0 Å². The molecule has 0 spiro atoms. The molecule has 1 atom stereocenters. The summed E-state index contributed by atoms with van der Waals surface area (Å²) in [4.78, 5) is 38.2. The van der Waals surface area contributed by atoms with Crippen LogP contribution < -0.4 is 15.5 Å². The highest BCUT2D eigenvalue weighted by Crippen LogP contribution is 2.22. The lowest BCUT2D eigenvalue weighted by molar-refractivity contribution is -0.920. The molecule has 3 rings (SSSR count). The number of carbonyl (C=O) groups excluding carboxylic acids is 3. The predicted octanol–water partition coefficient (Wildman–Crippen LogP) is -0.762. The van der Waals surface area contributed by atoms with Gasteiger partial charge >= 0.3 is 0 Å². The van der Waals surface area contributed by atoms with E-state index < -0.39 is 11.9 Å². The molecular formula is C16H19FN3O3+. The van der Waals surface area contributed by atoms with Gasteiger partial charge in [0.15, 0.2) is 6.04 Å². The van der Waals surface area contributed by atoms with Gasteiger partial charge in [-0.3, -0.25) is 14.4 Å². The zero-order valence-corrected chi connectivity index (χ0v) is 12.6. The van der Waals surface area contributed by atoms with Crippen molar-refractivity contribution in [1.29, 1.82) is 0 Å². The highest BCUT2D eigenvalue weighted by Gasteiger charge is 2.46. The third-order valence-corrected chi connectivity index (χ3v) is 4.75. The molecule has 3 N–H and O–H groups in total. The molecule has 3 amide bonds. The number of nitrogens with one attached hydrogen (secondary N) is 1. The number of nitrogens with two attached hydrogens (primary N) is 1. The van der Waals surface area contributed by atoms with E-state index in [1.165, 1.54) is 24.3 Å². The van der Waals surface area contributed by atoms with Gasteiger partial charge in [0.2, 0.25) is 11.8 Å². The van der Waals surface area contributed by atoms with Gasteiger partial charge in [-0.05, 0) is 24.3 Å². The molecule has 122 valence electrons. The normalized spacial score (nSPS) is 28.2. The summed E-state index contributed by atoms with van der Waals surface area (Å²) in [6.45, 7) is 1.29. The number of carbonyl (C=O) groups is 3. The largest absolute Gasteiger partial charge is 0.369 e. The summed E-state index contributed by atoms with van der Waals surface area (Å²) in [6.07, 6.45) is 1.42. The van der Waals surface area contributed by atoms with Crippen LogP contribution in [0.1, 0.15) is 19.3 Å². The zero-order chi connectivity index (χ0) is 16.6. The fraction of sp³-hybridized carbons (Fsp3) is 0.438. The van der Waals surface area contributed by atoms with E-state index in [0.717, 1.165) is 9.80 Å². The van der Waals surface area contributed by atoms with Gasteiger partial charge in [0.05, 0.1) is 25.2 Å². The van der Waals surface area contributed by atoms with E-state index in [0.29, 0.717) is 31.6 Å². The summed E-state index contributed by atoms with van der Waals surface area (Å²) in [6, 6.07) is 4.90. The SMILES string of the molecule is NC(=O)C1CC[NH+](C2CC(=O)N(c3ccc(F)cc3)C2=O)CC1. The molecule has 2 aliphatic rings. The maximum atomic E-state index is 13.0. The van der Waals surface area contributed by atoms with Crippen LogP contribution in [0.4, 0.5) is 10.1 Å². The third-order valence-electron chi connectivity index (χ3n) is 4.75. The Labute approximate surface area is 133 Å². The number of amides is 3. The first-order valence-electron chi connectivity index (χ1n) is 7.73. The Balaban J connectivity index is 1.72. The number of benzene rings is 1. The molecule has 0 radical (unpaired) electrons. The molecule has 2 heterocycles. The predicted molar refractivity (Wildman–Crippen MR) is 79.9 cm³/mol. The average molecular weight is 320 g/mol. The molecule has 0 aromatic heterocycles. The highest BCUT2D eigenvalue weighted by atomic mass is 19.1. The van der Waals surface area contributed by atoms with Gasteiger partial charge in [0.1, 0.15) is 5.82 Å². The van der Waals surface area contributed by atoms with Crippen LogP contribution in [-0.2, 0) is 14.4 Å². The number of rotatable bonds is 3. The smallest absolute Gasteiger partial charge is 0.292 e. The second-order valence-corrected chi connectivity index (χ2v) is 6.14. The summed E-state index contributed by atoms with van der Waals surface area (Å²) >= 11 is 0. The molecule has 2 aliphatic heterocycles. The Morgan fingerprint density at radius 3 is 2.35 bits per heavy atom. The molecule has 6 nitrogen and oxygen atoms in total. The van der Waals surface area contributed by atoms with Crippen LogP contribution >= 0.6 is 0 Å². The lowest BCUT2D eigenvalue weighted by Crippen LogP contribution is -3.17. The number of hydrogen-bond acceptors (Lipinski definition) is 3. The molecule has 0 bridgehead atoms. The first-order chi connectivity index (χ1) is 11.0. The van der Waals surface area contributed by atoms with Crippen molar-refractivity contribution < 1.29 is 23.7 Å². The molecule has 7 heteroatoms. The monoisotopic (exact) mass is 320 g/mol. The lowest BCUT2D eigenvalue weighted by Gasteiger charge is -2.30. The molecule has 1 aromatic rings. The standard InChI is InChI=1S/C16H18FN3O3/c17-11-1-3-12(4-2-11)20-14(21)9-13(16(20)23)19-7-5-10(6-8-19)15(18)22/h1-4,10,13H,5-9H2,(H2,18,22)/p+1. The van der Waals surface area contributed by atoms with Gasteiger partial charge in [-0.1, -0.05) is 0 Å². The molecule has 23 heavy (non-hydrogen) atoms. The molecule has 1 unspecified atom stereocenters. The first kappa shape index (κ1) is 15.6. The number of halogens is 1. The van der Waals surface area contributed by atoms with E-state index in [1.807, 2.05) is 0 Å². The van der Waals surface area contributed by atoms with Crippen LogP contribution in [0.15, 0.2) is 24.3 Å². The lowest BCUT2D eigenvalue weighted by atomic mass is 9.95. The Bertz CT molecular complexity index is 638. The Morgan fingerprint density at radius 1 is 1.17 bits per heavy atom. The molecule has 2 saturated heterocycles. The van der Waals surface area contributed by atoms with E-state index in [9.17, 15) is 18.8 Å². The van der Waals surface area contributed by atoms with Crippen LogP contribution in [-0.4, -0.2) is 36.9 Å². The maximum absolute atomic E-state index is 13.0. The number of primary amides is 1. The van der Waals surface area contributed by atoms with Crippen LogP contribution in [0.3, 0.4) is 0 Å². The number of quaternary nitrogens is 1. The van der Waals surface area contributed by atoms with E-state index in [2.05, 4.69) is 0 Å². The minimum atomic E-state index is -0.429. The number of hydrogen-bond donors (Lipinski definition) is 2. The average Bonchev–Trinajstić information content (AvgIpc) is 2.83. The van der Waals surface area contributed by atoms with Crippen molar-refractivity contribution in [2.75, 3.05) is 18.0 Å². The minimum Gasteiger partial charge on any atom is -0.369 e. The number of nitrogens with zero attached hydrogens (tertiary/aromatic N) is 1. The number of anilines is 1. The summed E-state index contributed by atoms with van der Waals surface area (Å²) in [5, 5.41) is 0. The maximum Gasteiger partial charge on any atom is 0.292 e. The summed E-state index contributed by atoms with van der Waals surface area (Å²) in [5.41, 5.74) is 5.72. The van der Waals surface area contributed by atoms with Gasteiger partial charge in [-0.15, -0.1) is 0 Å². The minimum absolute atomic E-state index is 0.140. The van der Waals surface area contributed by atoms with E-state index in [4.69, 9.17) is 5.73 Å². The molecule has 2 fully saturated rings. The topological polar surface area (TPSA) is 84.9 Å². The van der Waals surface area contributed by atoms with Gasteiger partial charge in [0, 0.05) is 18.8 Å². The summed E-state index contributed by atoms with van der Waals surface area (Å²) in [5.74, 6) is -1.38. The van der Waals surface area contributed by atoms with E-state index in [-0.39, 0.29) is 30.1 Å². The van der Waals surface area contributed by atoms with Crippen LogP contribution in [0.25, 0.3) is 0 Å². The molecule has 0 aliphatic carbocycles. The number of piperidine rings is 1. The number of imide groups is 1. The molecule has 0 saturated carbocycles. The second-order valence-electron chi connectivity index (χ2n) is 6.14. The fourth-order valence-electron chi connectivity index (χ4n) is 3.43. The Kier molecular flexibility index (Phi) is 4.12. The van der Waals surface area contributed by atoms with Crippen molar-refractivity contribution in [2.24, 2.45) is 11.7 Å². The van der Waals surface area contributed by atoms with Crippen molar-refractivity contribution in [3.8, 4) is 0 Å². The van der Waals surface area contributed by atoms with Gasteiger partial charge in [-0.25, -0.2) is 9.29 Å². The van der Waals surface area contributed by atoms with Gasteiger partial charge in [0.25, 0.3) is 5.91 Å². The first-order valence-corrected chi connectivity index (χ1v) is 7.73. The van der Waals surface area contributed by atoms with E-state index in [1.54, 1.807) is 0 Å². The van der Waals surface area contributed by atoms with Gasteiger partial charge in [-0.2, -0.15) is 0 Å². The van der Waals surface area contributed by atoms with Crippen molar-refractivity contribution in [1.82, 2.24) is 0 Å². The van der Waals surface area contributed by atoms with Crippen LogP contribution in [0, 0.1) is 11.7 Å². The summed E-state index contributed by atoms with van der Waals surface area (Å²) in [7, 11) is 0. The zero-order valence-electron chi connectivity index (χ0n) is 12.6. The Morgan fingerprint density at radius 2 is 1.78 bits per heavy atom. The fourth-order valence-corrected chi connectivity index (χ4v) is 3.43. The number of likely N-dealkylation sites (tertiary alicyclic amines) is 1. The third kappa shape index (κ3) is 2.96.